The van der Waals surface area contributed by atoms with Gasteiger partial charge in [0.05, 0.1) is 24.6 Å². The van der Waals surface area contributed by atoms with E-state index in [4.69, 9.17) is 0 Å². The van der Waals surface area contributed by atoms with Crippen molar-refractivity contribution < 1.29 is 9.53 Å². The fourth-order valence-electron chi connectivity index (χ4n) is 1.31. The van der Waals surface area contributed by atoms with E-state index in [1.54, 1.807) is 10.9 Å². The van der Waals surface area contributed by atoms with Crippen LogP contribution in [0.3, 0.4) is 0 Å². The van der Waals surface area contributed by atoms with E-state index in [0.717, 1.165) is 10.2 Å². The number of carbonyl (C=O) groups is 1. The van der Waals surface area contributed by atoms with Crippen molar-refractivity contribution in [3.8, 4) is 5.69 Å². The average Bonchev–Trinajstić information content (AvgIpc) is 2.77. The van der Waals surface area contributed by atoms with Gasteiger partial charge in [-0.25, -0.2) is 9.48 Å². The summed E-state index contributed by atoms with van der Waals surface area (Å²) >= 11 is 3.38. The lowest BCUT2D eigenvalue weighted by molar-refractivity contribution is 0.0600. The molecule has 16 heavy (non-hydrogen) atoms. The maximum atomic E-state index is 11.2. The maximum absolute atomic E-state index is 11.2. The van der Waals surface area contributed by atoms with Crippen molar-refractivity contribution in [2.45, 2.75) is 0 Å². The minimum Gasteiger partial charge on any atom is -0.465 e. The number of hydrogen-bond donors (Lipinski definition) is 0. The zero-order chi connectivity index (χ0) is 11.5. The highest BCUT2D eigenvalue weighted by molar-refractivity contribution is 9.10. The fraction of sp³-hybridized carbons (Fsp3) is 0.0909. The molecule has 0 atom stereocenters. The van der Waals surface area contributed by atoms with E-state index in [0.29, 0.717) is 5.56 Å². The van der Waals surface area contributed by atoms with Gasteiger partial charge in [-0.2, -0.15) is 5.10 Å². The second-order valence-corrected chi connectivity index (χ2v) is 4.06. The summed E-state index contributed by atoms with van der Waals surface area (Å²) in [4.78, 5) is 11.2. The van der Waals surface area contributed by atoms with Crippen LogP contribution in [-0.4, -0.2) is 22.9 Å². The average molecular weight is 281 g/mol. The van der Waals surface area contributed by atoms with Crippen LogP contribution < -0.4 is 0 Å². The number of hydrogen-bond acceptors (Lipinski definition) is 3. The van der Waals surface area contributed by atoms with E-state index in [1.165, 1.54) is 13.3 Å². The van der Waals surface area contributed by atoms with E-state index in [9.17, 15) is 4.79 Å². The molecular weight excluding hydrogens is 272 g/mol. The number of benzene rings is 1. The second kappa shape index (κ2) is 4.49. The molecule has 1 heterocycles. The van der Waals surface area contributed by atoms with E-state index in [-0.39, 0.29) is 5.97 Å². The summed E-state index contributed by atoms with van der Waals surface area (Å²) in [6.45, 7) is 0. The molecule has 0 spiro atoms. The lowest BCUT2D eigenvalue weighted by Gasteiger charge is -2.00. The van der Waals surface area contributed by atoms with Crippen LogP contribution in [-0.2, 0) is 4.74 Å². The highest BCUT2D eigenvalue weighted by atomic mass is 79.9. The predicted molar refractivity (Wildman–Crippen MR) is 62.6 cm³/mol. The molecule has 0 unspecified atom stereocenters. The molecule has 2 aromatic rings. The number of methoxy groups -OCH3 is 1. The lowest BCUT2D eigenvalue weighted by Crippen LogP contribution is -1.99. The van der Waals surface area contributed by atoms with Crippen LogP contribution in [0.15, 0.2) is 41.1 Å². The van der Waals surface area contributed by atoms with Gasteiger partial charge in [0.25, 0.3) is 0 Å². The summed E-state index contributed by atoms with van der Waals surface area (Å²) in [5.41, 5.74) is 1.31. The molecular formula is C11H9BrN2O2. The van der Waals surface area contributed by atoms with Crippen LogP contribution in [0, 0.1) is 0 Å². The van der Waals surface area contributed by atoms with Crippen molar-refractivity contribution >= 4 is 21.9 Å². The van der Waals surface area contributed by atoms with Crippen LogP contribution in [0.1, 0.15) is 10.4 Å². The molecule has 5 heteroatoms. The Labute approximate surface area is 101 Å². The van der Waals surface area contributed by atoms with Crippen molar-refractivity contribution in [2.24, 2.45) is 0 Å². The Morgan fingerprint density at radius 3 is 3.00 bits per heavy atom. The monoisotopic (exact) mass is 280 g/mol. The summed E-state index contributed by atoms with van der Waals surface area (Å²) < 4.78 is 7.19. The number of halogens is 1. The van der Waals surface area contributed by atoms with Crippen molar-refractivity contribution in [2.75, 3.05) is 7.11 Å². The summed E-state index contributed by atoms with van der Waals surface area (Å²) in [7, 11) is 1.35. The lowest BCUT2D eigenvalue weighted by atomic mass is 10.3. The number of carbonyl (C=O) groups excluding carboxylic acids is 1. The molecule has 0 aliphatic heterocycles. The largest absolute Gasteiger partial charge is 0.465 e. The normalized spacial score (nSPS) is 10.1. The smallest absolute Gasteiger partial charge is 0.341 e. The third-order valence-corrected chi connectivity index (χ3v) is 2.57. The quantitative estimate of drug-likeness (QED) is 0.794. The maximum Gasteiger partial charge on any atom is 0.341 e. The Kier molecular flexibility index (Phi) is 3.05. The fourth-order valence-corrected chi connectivity index (χ4v) is 1.69. The van der Waals surface area contributed by atoms with E-state index in [1.807, 2.05) is 24.3 Å². The predicted octanol–water partition coefficient (Wildman–Crippen LogP) is 2.42. The van der Waals surface area contributed by atoms with Gasteiger partial charge in [0.15, 0.2) is 0 Å². The number of rotatable bonds is 2. The summed E-state index contributed by atoms with van der Waals surface area (Å²) in [5, 5.41) is 4.09. The van der Waals surface area contributed by atoms with Gasteiger partial charge in [0.2, 0.25) is 0 Å². The van der Waals surface area contributed by atoms with E-state index < -0.39 is 0 Å². The topological polar surface area (TPSA) is 44.1 Å². The van der Waals surface area contributed by atoms with Crippen molar-refractivity contribution in [1.82, 2.24) is 9.78 Å². The van der Waals surface area contributed by atoms with Crippen LogP contribution in [0.5, 0.6) is 0 Å². The Morgan fingerprint density at radius 2 is 2.31 bits per heavy atom. The van der Waals surface area contributed by atoms with Crippen molar-refractivity contribution in [3.05, 3.63) is 46.7 Å². The highest BCUT2D eigenvalue weighted by Crippen LogP contribution is 2.15. The van der Waals surface area contributed by atoms with E-state index in [2.05, 4.69) is 25.8 Å². The molecule has 82 valence electrons. The highest BCUT2D eigenvalue weighted by Gasteiger charge is 2.08. The molecule has 1 aromatic carbocycles. The summed E-state index contributed by atoms with van der Waals surface area (Å²) in [6.07, 6.45) is 3.11. The van der Waals surface area contributed by atoms with Gasteiger partial charge in [-0.3, -0.25) is 0 Å². The van der Waals surface area contributed by atoms with Gasteiger partial charge in [0, 0.05) is 10.7 Å². The Hall–Kier alpha value is -1.62. The van der Waals surface area contributed by atoms with Gasteiger partial charge in [-0.1, -0.05) is 22.0 Å². The van der Waals surface area contributed by atoms with Gasteiger partial charge < -0.3 is 4.74 Å². The molecule has 4 nitrogen and oxygen atoms in total. The molecule has 0 saturated carbocycles. The molecule has 0 fully saturated rings. The second-order valence-electron chi connectivity index (χ2n) is 3.15. The first-order chi connectivity index (χ1) is 7.70. The molecule has 0 saturated heterocycles. The molecule has 0 radical (unpaired) electrons. The van der Waals surface area contributed by atoms with Gasteiger partial charge >= 0.3 is 5.97 Å². The summed E-state index contributed by atoms with van der Waals surface area (Å²) in [6, 6.07) is 7.64. The van der Waals surface area contributed by atoms with Crippen LogP contribution in [0.2, 0.25) is 0 Å². The number of nitrogens with zero attached hydrogens (tertiary/aromatic N) is 2. The zero-order valence-corrected chi connectivity index (χ0v) is 10.1. The van der Waals surface area contributed by atoms with Crippen molar-refractivity contribution in [3.63, 3.8) is 0 Å². The first-order valence-corrected chi connectivity index (χ1v) is 5.39. The molecule has 0 aliphatic rings. The zero-order valence-electron chi connectivity index (χ0n) is 8.55. The SMILES string of the molecule is COC(=O)c1cnn(-c2cccc(Br)c2)c1. The van der Waals surface area contributed by atoms with E-state index >= 15 is 0 Å². The summed E-state index contributed by atoms with van der Waals surface area (Å²) in [5.74, 6) is -0.388. The first-order valence-electron chi connectivity index (χ1n) is 4.59. The minimum absolute atomic E-state index is 0.388. The molecule has 0 amide bonds. The number of ether oxygens (including phenoxy) is 1. The Bertz CT molecular complexity index is 522. The molecule has 1 aromatic heterocycles. The van der Waals surface area contributed by atoms with Crippen LogP contribution in [0.4, 0.5) is 0 Å². The molecule has 0 N–H and O–H groups in total. The Morgan fingerprint density at radius 1 is 1.50 bits per heavy atom. The first kappa shape index (κ1) is 10.9. The third kappa shape index (κ3) is 2.14. The molecule has 0 bridgehead atoms. The van der Waals surface area contributed by atoms with Gasteiger partial charge in [0.1, 0.15) is 0 Å². The number of aromatic nitrogens is 2. The van der Waals surface area contributed by atoms with Crippen LogP contribution >= 0.6 is 15.9 Å². The number of esters is 1. The van der Waals surface area contributed by atoms with Crippen molar-refractivity contribution in [1.29, 1.82) is 0 Å². The van der Waals surface area contributed by atoms with Gasteiger partial charge in [-0.15, -0.1) is 0 Å². The standard InChI is InChI=1S/C11H9BrN2O2/c1-16-11(15)8-6-13-14(7-8)10-4-2-3-9(12)5-10/h2-7H,1H3. The third-order valence-electron chi connectivity index (χ3n) is 2.08. The van der Waals surface area contributed by atoms with Crippen LogP contribution in [0.25, 0.3) is 5.69 Å². The molecule has 2 rings (SSSR count). The molecule has 0 aliphatic carbocycles. The minimum atomic E-state index is -0.388. The van der Waals surface area contributed by atoms with Gasteiger partial charge in [-0.05, 0) is 18.2 Å². The Balaban J connectivity index is 2.35.